The lowest BCUT2D eigenvalue weighted by molar-refractivity contribution is 0.0749. The van der Waals surface area contributed by atoms with Gasteiger partial charge in [-0.1, -0.05) is 13.8 Å². The molecule has 1 amide bonds. The molecule has 0 spiro atoms. The van der Waals surface area contributed by atoms with E-state index in [9.17, 15) is 4.79 Å². The average molecular weight is 209 g/mol. The first kappa shape index (κ1) is 11.8. The van der Waals surface area contributed by atoms with Crippen molar-refractivity contribution < 1.29 is 4.79 Å². The van der Waals surface area contributed by atoms with Crippen LogP contribution in [0.2, 0.25) is 0 Å². The lowest BCUT2D eigenvalue weighted by Gasteiger charge is -2.20. The summed E-state index contributed by atoms with van der Waals surface area (Å²) in [5.74, 6) is 0.0410. The van der Waals surface area contributed by atoms with Gasteiger partial charge < -0.3 is 4.90 Å². The molecular weight excluding hydrogens is 190 g/mol. The normalized spacial score (nSPS) is 10.3. The van der Waals surface area contributed by atoms with Crippen molar-refractivity contribution in [2.45, 2.75) is 26.7 Å². The molecule has 0 bridgehead atoms. The van der Waals surface area contributed by atoms with E-state index >= 15 is 0 Å². The maximum absolute atomic E-state index is 12.0. The van der Waals surface area contributed by atoms with Gasteiger partial charge in [0.05, 0.1) is 0 Å². The second kappa shape index (κ2) is 5.53. The third-order valence-corrected chi connectivity index (χ3v) is 2.21. The molecule has 0 N–H and O–H groups in total. The Kier molecular flexibility index (Phi) is 4.34. The first-order chi connectivity index (χ1) is 7.19. The standard InChI is InChI=1S/C11H19N3O/c1-4-7-14(8-5-2)11(15)10-6-9-13(3)12-10/h6,9H,4-5,7-8H2,1-3H3. The van der Waals surface area contributed by atoms with Crippen LogP contribution in [0.15, 0.2) is 12.3 Å². The molecule has 0 radical (unpaired) electrons. The number of amides is 1. The molecule has 1 rings (SSSR count). The third kappa shape index (κ3) is 3.08. The predicted octanol–water partition coefficient (Wildman–Crippen LogP) is 1.68. The van der Waals surface area contributed by atoms with Crippen molar-refractivity contribution in [2.75, 3.05) is 13.1 Å². The molecule has 0 aliphatic heterocycles. The van der Waals surface area contributed by atoms with Gasteiger partial charge in [-0.3, -0.25) is 9.48 Å². The van der Waals surface area contributed by atoms with Crippen LogP contribution in [0.1, 0.15) is 37.2 Å². The number of carbonyl (C=O) groups is 1. The van der Waals surface area contributed by atoms with Gasteiger partial charge in [-0.2, -0.15) is 5.10 Å². The summed E-state index contributed by atoms with van der Waals surface area (Å²) in [5, 5.41) is 4.12. The summed E-state index contributed by atoms with van der Waals surface area (Å²) < 4.78 is 1.66. The van der Waals surface area contributed by atoms with E-state index in [4.69, 9.17) is 0 Å². The van der Waals surface area contributed by atoms with Crippen molar-refractivity contribution in [3.8, 4) is 0 Å². The fourth-order valence-electron chi connectivity index (χ4n) is 1.55. The zero-order valence-electron chi connectivity index (χ0n) is 9.73. The SMILES string of the molecule is CCCN(CCC)C(=O)c1ccn(C)n1. The minimum atomic E-state index is 0.0410. The number of hydrogen-bond donors (Lipinski definition) is 0. The third-order valence-electron chi connectivity index (χ3n) is 2.21. The molecule has 15 heavy (non-hydrogen) atoms. The Balaban J connectivity index is 2.71. The summed E-state index contributed by atoms with van der Waals surface area (Å²) in [5.41, 5.74) is 0.541. The molecule has 1 heterocycles. The molecule has 0 saturated heterocycles. The zero-order chi connectivity index (χ0) is 11.3. The van der Waals surface area contributed by atoms with Crippen molar-refractivity contribution in [3.63, 3.8) is 0 Å². The average Bonchev–Trinajstić information content (AvgIpc) is 2.63. The van der Waals surface area contributed by atoms with Gasteiger partial charge in [0.15, 0.2) is 0 Å². The van der Waals surface area contributed by atoms with Crippen molar-refractivity contribution in [2.24, 2.45) is 7.05 Å². The van der Waals surface area contributed by atoms with Gasteiger partial charge in [0, 0.05) is 26.3 Å². The molecule has 0 aliphatic carbocycles. The fraction of sp³-hybridized carbons (Fsp3) is 0.636. The maximum atomic E-state index is 12.0. The van der Waals surface area contributed by atoms with Crippen molar-refractivity contribution in [3.05, 3.63) is 18.0 Å². The van der Waals surface area contributed by atoms with E-state index < -0.39 is 0 Å². The molecule has 4 nitrogen and oxygen atoms in total. The highest BCUT2D eigenvalue weighted by Gasteiger charge is 2.15. The lowest BCUT2D eigenvalue weighted by Crippen LogP contribution is -2.32. The van der Waals surface area contributed by atoms with Crippen LogP contribution in [0.25, 0.3) is 0 Å². The van der Waals surface area contributed by atoms with E-state index in [1.807, 2.05) is 11.9 Å². The Morgan fingerprint density at radius 3 is 2.40 bits per heavy atom. The Bertz CT molecular complexity index is 313. The van der Waals surface area contributed by atoms with Gasteiger partial charge in [-0.15, -0.1) is 0 Å². The molecule has 0 atom stereocenters. The van der Waals surface area contributed by atoms with Crippen LogP contribution >= 0.6 is 0 Å². The van der Waals surface area contributed by atoms with Crippen molar-refractivity contribution in [1.29, 1.82) is 0 Å². The smallest absolute Gasteiger partial charge is 0.274 e. The van der Waals surface area contributed by atoms with Crippen LogP contribution in [0.4, 0.5) is 0 Å². The highest BCUT2D eigenvalue weighted by atomic mass is 16.2. The number of nitrogens with zero attached hydrogens (tertiary/aromatic N) is 3. The van der Waals surface area contributed by atoms with Crippen molar-refractivity contribution >= 4 is 5.91 Å². The summed E-state index contributed by atoms with van der Waals surface area (Å²) in [6.45, 7) is 5.77. The second-order valence-electron chi connectivity index (χ2n) is 3.67. The molecule has 0 saturated carbocycles. The Labute approximate surface area is 90.9 Å². The molecule has 1 aromatic rings. The molecule has 1 aromatic heterocycles. The van der Waals surface area contributed by atoms with E-state index in [1.165, 1.54) is 0 Å². The van der Waals surface area contributed by atoms with Gasteiger partial charge in [0.2, 0.25) is 0 Å². The molecule has 0 aliphatic rings. The molecular formula is C11H19N3O. The number of carbonyl (C=O) groups excluding carboxylic acids is 1. The minimum Gasteiger partial charge on any atom is -0.337 e. The highest BCUT2D eigenvalue weighted by Crippen LogP contribution is 2.03. The summed E-state index contributed by atoms with van der Waals surface area (Å²) in [7, 11) is 1.82. The molecule has 0 aromatic carbocycles. The quantitative estimate of drug-likeness (QED) is 0.740. The zero-order valence-corrected chi connectivity index (χ0v) is 9.73. The Morgan fingerprint density at radius 2 is 2.00 bits per heavy atom. The van der Waals surface area contributed by atoms with Gasteiger partial charge in [-0.05, 0) is 18.9 Å². The van der Waals surface area contributed by atoms with Crippen LogP contribution < -0.4 is 0 Å². The van der Waals surface area contributed by atoms with E-state index in [2.05, 4.69) is 18.9 Å². The Morgan fingerprint density at radius 1 is 1.40 bits per heavy atom. The summed E-state index contributed by atoms with van der Waals surface area (Å²) in [4.78, 5) is 13.9. The summed E-state index contributed by atoms with van der Waals surface area (Å²) >= 11 is 0. The van der Waals surface area contributed by atoms with Gasteiger partial charge in [0.1, 0.15) is 5.69 Å². The number of hydrogen-bond acceptors (Lipinski definition) is 2. The molecule has 0 fully saturated rings. The summed E-state index contributed by atoms with van der Waals surface area (Å²) in [6, 6.07) is 1.76. The van der Waals surface area contributed by atoms with E-state index in [0.29, 0.717) is 5.69 Å². The fourth-order valence-corrected chi connectivity index (χ4v) is 1.55. The van der Waals surface area contributed by atoms with Crippen LogP contribution in [0.3, 0.4) is 0 Å². The van der Waals surface area contributed by atoms with E-state index in [-0.39, 0.29) is 5.91 Å². The molecule has 84 valence electrons. The topological polar surface area (TPSA) is 38.1 Å². The first-order valence-corrected chi connectivity index (χ1v) is 5.48. The lowest BCUT2D eigenvalue weighted by atomic mass is 10.3. The van der Waals surface area contributed by atoms with Crippen LogP contribution in [-0.2, 0) is 7.05 Å². The van der Waals surface area contributed by atoms with Gasteiger partial charge >= 0.3 is 0 Å². The largest absolute Gasteiger partial charge is 0.337 e. The van der Waals surface area contributed by atoms with E-state index in [1.54, 1.807) is 16.9 Å². The summed E-state index contributed by atoms with van der Waals surface area (Å²) in [6.07, 6.45) is 3.76. The van der Waals surface area contributed by atoms with Gasteiger partial charge in [0.25, 0.3) is 5.91 Å². The van der Waals surface area contributed by atoms with Crippen molar-refractivity contribution in [1.82, 2.24) is 14.7 Å². The molecule has 4 heteroatoms. The van der Waals surface area contributed by atoms with E-state index in [0.717, 1.165) is 25.9 Å². The number of rotatable bonds is 5. The monoisotopic (exact) mass is 209 g/mol. The number of aryl methyl sites for hydroxylation is 1. The number of aromatic nitrogens is 2. The Hall–Kier alpha value is -1.32. The minimum absolute atomic E-state index is 0.0410. The predicted molar refractivity (Wildman–Crippen MR) is 59.7 cm³/mol. The van der Waals surface area contributed by atoms with Crippen LogP contribution in [0.5, 0.6) is 0 Å². The maximum Gasteiger partial charge on any atom is 0.274 e. The van der Waals surface area contributed by atoms with Gasteiger partial charge in [-0.25, -0.2) is 0 Å². The van der Waals surface area contributed by atoms with Crippen LogP contribution in [0, 0.1) is 0 Å². The van der Waals surface area contributed by atoms with Crippen LogP contribution in [-0.4, -0.2) is 33.7 Å². The first-order valence-electron chi connectivity index (χ1n) is 5.48. The highest BCUT2D eigenvalue weighted by molar-refractivity contribution is 5.92. The molecule has 0 unspecified atom stereocenters. The second-order valence-corrected chi connectivity index (χ2v) is 3.67.